The second kappa shape index (κ2) is 3.49. The smallest absolute Gasteiger partial charge is 0.184 e. The Morgan fingerprint density at radius 3 is 2.82 bits per heavy atom. The minimum atomic E-state index is -0.542. The highest BCUT2D eigenvalue weighted by atomic mass is 16.8. The maximum atomic E-state index is 8.44. The molecule has 0 bridgehead atoms. The van der Waals surface area contributed by atoms with Crippen LogP contribution < -0.4 is 0 Å². The van der Waals surface area contributed by atoms with Gasteiger partial charge in [0.05, 0.1) is 13.2 Å². The van der Waals surface area contributed by atoms with E-state index < -0.39 is 5.79 Å². The average Bonchev–Trinajstić information content (AvgIpc) is 2.26. The summed E-state index contributed by atoms with van der Waals surface area (Å²) in [5.74, 6) is -0.542. The second-order valence-electron chi connectivity index (χ2n) is 2.85. The van der Waals surface area contributed by atoms with E-state index in [9.17, 15) is 0 Å². The second-order valence-corrected chi connectivity index (χ2v) is 2.85. The SMILES string of the molecule is CC1(C)OCC(OCCO)O1. The molecule has 1 N–H and O–H groups in total. The molecule has 0 aromatic rings. The molecule has 11 heavy (non-hydrogen) atoms. The van der Waals surface area contributed by atoms with Crippen LogP contribution in [0.4, 0.5) is 0 Å². The highest BCUT2D eigenvalue weighted by Crippen LogP contribution is 2.22. The summed E-state index contributed by atoms with van der Waals surface area (Å²) in [6.45, 7) is 4.40. The Kier molecular flexibility index (Phi) is 2.84. The molecule has 1 unspecified atom stereocenters. The fourth-order valence-corrected chi connectivity index (χ4v) is 0.920. The van der Waals surface area contributed by atoms with Crippen LogP contribution in [0.15, 0.2) is 0 Å². The average molecular weight is 162 g/mol. The molecular formula is C7H14O4. The number of ether oxygens (including phenoxy) is 3. The molecule has 0 radical (unpaired) electrons. The molecule has 4 heteroatoms. The zero-order valence-electron chi connectivity index (χ0n) is 6.87. The maximum absolute atomic E-state index is 8.44. The Hall–Kier alpha value is -0.160. The first kappa shape index (κ1) is 8.93. The lowest BCUT2D eigenvalue weighted by molar-refractivity contribution is -0.192. The summed E-state index contributed by atoms with van der Waals surface area (Å²) in [7, 11) is 0. The number of rotatable bonds is 3. The van der Waals surface area contributed by atoms with Crippen LogP contribution in [0.25, 0.3) is 0 Å². The quantitative estimate of drug-likeness (QED) is 0.639. The Morgan fingerprint density at radius 1 is 1.64 bits per heavy atom. The molecule has 0 spiro atoms. The molecule has 0 saturated carbocycles. The van der Waals surface area contributed by atoms with Crippen LogP contribution in [-0.4, -0.2) is 37.0 Å². The van der Waals surface area contributed by atoms with Gasteiger partial charge in [-0.05, 0) is 13.8 Å². The van der Waals surface area contributed by atoms with E-state index in [1.807, 2.05) is 13.8 Å². The summed E-state index contributed by atoms with van der Waals surface area (Å²) in [5, 5.41) is 8.44. The van der Waals surface area contributed by atoms with Gasteiger partial charge in [-0.15, -0.1) is 0 Å². The van der Waals surface area contributed by atoms with Crippen molar-refractivity contribution in [1.29, 1.82) is 0 Å². The molecule has 0 aliphatic carbocycles. The molecule has 1 fully saturated rings. The van der Waals surface area contributed by atoms with Crippen molar-refractivity contribution in [2.75, 3.05) is 19.8 Å². The summed E-state index contributed by atoms with van der Waals surface area (Å²) in [4.78, 5) is 0. The first-order valence-corrected chi connectivity index (χ1v) is 3.68. The summed E-state index contributed by atoms with van der Waals surface area (Å²) >= 11 is 0. The third kappa shape index (κ3) is 2.75. The third-order valence-corrected chi connectivity index (χ3v) is 1.38. The van der Waals surface area contributed by atoms with Crippen molar-refractivity contribution < 1.29 is 19.3 Å². The molecule has 1 heterocycles. The van der Waals surface area contributed by atoms with Crippen molar-refractivity contribution in [1.82, 2.24) is 0 Å². The Morgan fingerprint density at radius 2 is 2.36 bits per heavy atom. The van der Waals surface area contributed by atoms with E-state index >= 15 is 0 Å². The van der Waals surface area contributed by atoms with E-state index in [0.717, 1.165) is 0 Å². The topological polar surface area (TPSA) is 47.9 Å². The lowest BCUT2D eigenvalue weighted by atomic mass is 10.4. The van der Waals surface area contributed by atoms with Crippen molar-refractivity contribution >= 4 is 0 Å². The van der Waals surface area contributed by atoms with Gasteiger partial charge in [-0.2, -0.15) is 0 Å². The summed E-state index contributed by atoms with van der Waals surface area (Å²) in [5.41, 5.74) is 0. The van der Waals surface area contributed by atoms with Gasteiger partial charge >= 0.3 is 0 Å². The minimum Gasteiger partial charge on any atom is -0.394 e. The van der Waals surface area contributed by atoms with Crippen molar-refractivity contribution in [2.24, 2.45) is 0 Å². The fraction of sp³-hybridized carbons (Fsp3) is 1.00. The minimum absolute atomic E-state index is 0.0142. The zero-order chi connectivity index (χ0) is 8.32. The predicted octanol–water partition coefficient (Wildman–Crippen LogP) is 0.104. The van der Waals surface area contributed by atoms with E-state index in [-0.39, 0.29) is 12.9 Å². The van der Waals surface area contributed by atoms with Crippen LogP contribution in [0.3, 0.4) is 0 Å². The number of hydrogen-bond acceptors (Lipinski definition) is 4. The van der Waals surface area contributed by atoms with Gasteiger partial charge in [0.2, 0.25) is 0 Å². The normalized spacial score (nSPS) is 29.2. The molecule has 1 atom stereocenters. The van der Waals surface area contributed by atoms with Crippen molar-refractivity contribution in [2.45, 2.75) is 25.9 Å². The molecular weight excluding hydrogens is 148 g/mol. The van der Waals surface area contributed by atoms with E-state index in [2.05, 4.69) is 0 Å². The molecule has 0 aromatic heterocycles. The lowest BCUT2D eigenvalue weighted by Crippen LogP contribution is -2.23. The molecule has 1 saturated heterocycles. The van der Waals surface area contributed by atoms with Gasteiger partial charge in [-0.25, -0.2) is 0 Å². The highest BCUT2D eigenvalue weighted by Gasteiger charge is 2.32. The van der Waals surface area contributed by atoms with Crippen molar-refractivity contribution in [3.63, 3.8) is 0 Å². The Balaban J connectivity index is 2.20. The highest BCUT2D eigenvalue weighted by molar-refractivity contribution is 4.63. The van der Waals surface area contributed by atoms with E-state index in [1.54, 1.807) is 0 Å². The van der Waals surface area contributed by atoms with Crippen LogP contribution in [0.5, 0.6) is 0 Å². The summed E-state index contributed by atoms with van der Waals surface area (Å²) < 4.78 is 15.6. The molecule has 0 aromatic carbocycles. The fourth-order valence-electron chi connectivity index (χ4n) is 0.920. The van der Waals surface area contributed by atoms with E-state index in [1.165, 1.54) is 0 Å². The molecule has 0 amide bonds. The standard InChI is InChI=1S/C7H14O4/c1-7(2)10-5-6(11-7)9-4-3-8/h6,8H,3-5H2,1-2H3. The van der Waals surface area contributed by atoms with E-state index in [0.29, 0.717) is 13.2 Å². The molecule has 4 nitrogen and oxygen atoms in total. The third-order valence-electron chi connectivity index (χ3n) is 1.38. The Bertz CT molecular complexity index is 124. The van der Waals surface area contributed by atoms with E-state index in [4.69, 9.17) is 19.3 Å². The van der Waals surface area contributed by atoms with Gasteiger partial charge in [-0.1, -0.05) is 0 Å². The van der Waals surface area contributed by atoms with Gasteiger partial charge < -0.3 is 19.3 Å². The number of hydrogen-bond donors (Lipinski definition) is 1. The lowest BCUT2D eigenvalue weighted by Gasteiger charge is -2.16. The number of aliphatic hydroxyl groups is 1. The van der Waals surface area contributed by atoms with Gasteiger partial charge in [0.15, 0.2) is 12.1 Å². The van der Waals surface area contributed by atoms with Crippen LogP contribution >= 0.6 is 0 Å². The van der Waals surface area contributed by atoms with Gasteiger partial charge in [0.25, 0.3) is 0 Å². The Labute approximate surface area is 66.1 Å². The van der Waals surface area contributed by atoms with Crippen LogP contribution in [0.2, 0.25) is 0 Å². The predicted molar refractivity (Wildman–Crippen MR) is 37.9 cm³/mol. The van der Waals surface area contributed by atoms with Gasteiger partial charge in [0.1, 0.15) is 6.61 Å². The monoisotopic (exact) mass is 162 g/mol. The molecule has 1 aliphatic rings. The summed E-state index contributed by atoms with van der Waals surface area (Å²) in [6, 6.07) is 0. The molecule has 1 rings (SSSR count). The molecule has 66 valence electrons. The van der Waals surface area contributed by atoms with Gasteiger partial charge in [-0.3, -0.25) is 0 Å². The van der Waals surface area contributed by atoms with Crippen molar-refractivity contribution in [3.8, 4) is 0 Å². The first-order chi connectivity index (χ1) is 5.14. The van der Waals surface area contributed by atoms with Crippen LogP contribution in [-0.2, 0) is 14.2 Å². The largest absolute Gasteiger partial charge is 0.394 e. The van der Waals surface area contributed by atoms with Crippen molar-refractivity contribution in [3.05, 3.63) is 0 Å². The zero-order valence-corrected chi connectivity index (χ0v) is 6.87. The summed E-state index contributed by atoms with van der Waals surface area (Å²) in [6.07, 6.45) is -0.322. The van der Waals surface area contributed by atoms with Gasteiger partial charge in [0, 0.05) is 0 Å². The molecule has 1 aliphatic heterocycles. The van der Waals surface area contributed by atoms with Crippen LogP contribution in [0, 0.1) is 0 Å². The maximum Gasteiger partial charge on any atom is 0.184 e. The first-order valence-electron chi connectivity index (χ1n) is 3.68. The number of aliphatic hydroxyl groups excluding tert-OH is 1. The van der Waals surface area contributed by atoms with Crippen LogP contribution in [0.1, 0.15) is 13.8 Å².